The van der Waals surface area contributed by atoms with Crippen molar-refractivity contribution >= 4 is 26.5 Å². The number of rotatable bonds is 7. The van der Waals surface area contributed by atoms with Crippen LogP contribution < -0.4 is 10.6 Å². The van der Waals surface area contributed by atoms with Gasteiger partial charge in [0.15, 0.2) is 0 Å². The van der Waals surface area contributed by atoms with Gasteiger partial charge in [-0.1, -0.05) is 114 Å². The van der Waals surface area contributed by atoms with Crippen molar-refractivity contribution in [3.8, 4) is 0 Å². The zero-order valence-electron chi connectivity index (χ0n) is 23.4. The summed E-state index contributed by atoms with van der Waals surface area (Å²) in [5.41, 5.74) is 4.26. The molecule has 4 aliphatic rings. The summed E-state index contributed by atoms with van der Waals surface area (Å²) in [6, 6.07) is 22.7. The smallest absolute Gasteiger partial charge is 0.0921 e. The van der Waals surface area contributed by atoms with E-state index in [-0.39, 0.29) is 25.0 Å². The van der Waals surface area contributed by atoms with Gasteiger partial charge in [-0.15, -0.1) is 0 Å². The Hall–Kier alpha value is -0.181. The molecule has 4 saturated carbocycles. The molecule has 4 fully saturated rings. The first-order valence-electron chi connectivity index (χ1n) is 14.9. The number of benzene rings is 2. The van der Waals surface area contributed by atoms with Crippen LogP contribution in [-0.2, 0) is 17.1 Å². The van der Waals surface area contributed by atoms with E-state index in [1.807, 2.05) is 32.1 Å². The second kappa shape index (κ2) is 17.1. The Morgan fingerprint density at radius 3 is 1.44 bits per heavy atom. The second-order valence-electron chi connectivity index (χ2n) is 11.0. The van der Waals surface area contributed by atoms with E-state index in [9.17, 15) is 0 Å². The van der Waals surface area contributed by atoms with Crippen LogP contribution in [0.1, 0.15) is 71.1 Å². The molecule has 6 rings (SSSR count). The summed E-state index contributed by atoms with van der Waals surface area (Å²) >= 11 is 0. The van der Waals surface area contributed by atoms with Crippen LogP contribution in [0.5, 0.6) is 0 Å². The summed E-state index contributed by atoms with van der Waals surface area (Å²) in [5, 5.41) is 3.02. The minimum absolute atomic E-state index is 0. The monoisotopic (exact) mass is 594 g/mol. The SMILES string of the molecule is CC([C]1[CH][CH][CH][C]1P(C1CCCCC1)C1CCCCC1)P(c1ccccc1)c1ccccc1.[CH]1[CH][CH][CH][CH]1.[Fe+2]. The molecule has 0 heterocycles. The molecular weight excluding hydrogens is 550 g/mol. The Labute approximate surface area is 254 Å². The van der Waals surface area contributed by atoms with E-state index < -0.39 is 7.92 Å². The van der Waals surface area contributed by atoms with E-state index >= 15 is 0 Å². The van der Waals surface area contributed by atoms with Gasteiger partial charge in [0, 0.05) is 5.66 Å². The summed E-state index contributed by atoms with van der Waals surface area (Å²) in [5.74, 6) is 1.68. The predicted molar refractivity (Wildman–Crippen MR) is 170 cm³/mol. The van der Waals surface area contributed by atoms with Crippen LogP contribution in [0.2, 0.25) is 0 Å². The van der Waals surface area contributed by atoms with E-state index in [2.05, 4.69) is 86.8 Å². The molecule has 2 aromatic carbocycles. The molecular formula is C36H44FeP2+2. The standard InChI is InChI=1S/C31H39P2.C5H5.Fe/c1-25(32(26-15-6-2-7-16-26)27-17-8-3-9-18-27)30-23-14-24-31(30)33(28-19-10-4-11-20-28)29-21-12-5-13-22-29;1-2-4-5-3-1;/h2-3,6-9,14-18,23-25,28-29H,4-5,10-13,19-22H2,1H3;1-5H;/q;;+2. The molecule has 0 bridgehead atoms. The van der Waals surface area contributed by atoms with Crippen molar-refractivity contribution in [1.82, 2.24) is 0 Å². The summed E-state index contributed by atoms with van der Waals surface area (Å²) in [7, 11) is -0.489. The molecule has 2 aromatic rings. The first kappa shape index (κ1) is 31.7. The van der Waals surface area contributed by atoms with Crippen LogP contribution >= 0.6 is 15.8 Å². The maximum absolute atomic E-state index is 2.56. The van der Waals surface area contributed by atoms with Gasteiger partial charge >= 0.3 is 17.1 Å². The minimum atomic E-state index is -0.428. The van der Waals surface area contributed by atoms with Gasteiger partial charge in [-0.2, -0.15) is 0 Å². The molecule has 0 nitrogen and oxygen atoms in total. The Kier molecular flexibility index (Phi) is 13.9. The zero-order chi connectivity index (χ0) is 26.0. The molecule has 0 N–H and O–H groups in total. The second-order valence-corrected chi connectivity index (χ2v) is 16.3. The van der Waals surface area contributed by atoms with Gasteiger partial charge in [-0.05, 0) is 118 Å². The van der Waals surface area contributed by atoms with Crippen LogP contribution in [0.15, 0.2) is 60.7 Å². The molecule has 0 saturated heterocycles. The van der Waals surface area contributed by atoms with E-state index in [0.29, 0.717) is 5.66 Å². The van der Waals surface area contributed by atoms with Crippen molar-refractivity contribution in [2.75, 3.05) is 0 Å². The zero-order valence-corrected chi connectivity index (χ0v) is 26.3. The van der Waals surface area contributed by atoms with E-state index in [0.717, 1.165) is 11.3 Å². The molecule has 0 amide bonds. The molecule has 1 atom stereocenters. The normalized spacial score (nSPS) is 22.4. The van der Waals surface area contributed by atoms with Crippen LogP contribution in [0.3, 0.4) is 0 Å². The van der Waals surface area contributed by atoms with Gasteiger partial charge in [-0.25, -0.2) is 0 Å². The fourth-order valence-corrected chi connectivity index (χ4v) is 13.5. The van der Waals surface area contributed by atoms with Crippen molar-refractivity contribution in [1.29, 1.82) is 0 Å². The molecule has 3 heteroatoms. The summed E-state index contributed by atoms with van der Waals surface area (Å²) < 4.78 is 0. The van der Waals surface area contributed by atoms with Crippen molar-refractivity contribution in [2.24, 2.45) is 0 Å². The van der Waals surface area contributed by atoms with Crippen LogP contribution in [0.25, 0.3) is 0 Å². The van der Waals surface area contributed by atoms with Gasteiger partial charge in [0.1, 0.15) is 0 Å². The molecule has 1 unspecified atom stereocenters. The van der Waals surface area contributed by atoms with Gasteiger partial charge in [0.2, 0.25) is 0 Å². The van der Waals surface area contributed by atoms with Crippen molar-refractivity contribution in [3.05, 3.63) is 124 Å². The van der Waals surface area contributed by atoms with Crippen molar-refractivity contribution < 1.29 is 17.1 Å². The van der Waals surface area contributed by atoms with Gasteiger partial charge < -0.3 is 0 Å². The van der Waals surface area contributed by atoms with Gasteiger partial charge in [0.25, 0.3) is 0 Å². The Morgan fingerprint density at radius 2 is 1.00 bits per heavy atom. The largest absolute Gasteiger partial charge is 2.00 e. The number of hydrogen-bond acceptors (Lipinski definition) is 0. The minimum Gasteiger partial charge on any atom is -0.0921 e. The van der Waals surface area contributed by atoms with Crippen LogP contribution in [0, 0.1) is 62.9 Å². The Morgan fingerprint density at radius 1 is 0.564 bits per heavy atom. The molecule has 4 aliphatic carbocycles. The van der Waals surface area contributed by atoms with Crippen molar-refractivity contribution in [3.63, 3.8) is 0 Å². The molecule has 39 heavy (non-hydrogen) atoms. The fourth-order valence-electron chi connectivity index (χ4n) is 6.66. The van der Waals surface area contributed by atoms with Gasteiger partial charge in [-0.3, -0.25) is 0 Å². The Balaban J connectivity index is 0.000000530. The topological polar surface area (TPSA) is 0 Å². The average molecular weight is 595 g/mol. The van der Waals surface area contributed by atoms with Crippen LogP contribution in [-0.4, -0.2) is 17.0 Å². The van der Waals surface area contributed by atoms with Gasteiger partial charge in [0.05, 0.1) is 0 Å². The third kappa shape index (κ3) is 8.67. The third-order valence-electron chi connectivity index (χ3n) is 8.50. The average Bonchev–Trinajstić information content (AvgIpc) is 3.72. The molecule has 0 aliphatic heterocycles. The third-order valence-corrected chi connectivity index (χ3v) is 14.8. The van der Waals surface area contributed by atoms with Crippen LogP contribution in [0.4, 0.5) is 0 Å². The molecule has 204 valence electrons. The van der Waals surface area contributed by atoms with Crippen molar-refractivity contribution in [2.45, 2.75) is 88.1 Å². The van der Waals surface area contributed by atoms with E-state index in [1.165, 1.54) is 74.8 Å². The van der Waals surface area contributed by atoms with E-state index in [4.69, 9.17) is 0 Å². The summed E-state index contributed by atoms with van der Waals surface area (Å²) in [4.78, 5) is 0. The summed E-state index contributed by atoms with van der Waals surface area (Å²) in [6.45, 7) is 2.53. The first-order chi connectivity index (χ1) is 18.8. The maximum atomic E-state index is 2.56. The van der Waals surface area contributed by atoms with E-state index in [1.54, 1.807) is 11.6 Å². The first-order valence-corrected chi connectivity index (χ1v) is 17.8. The Bertz CT molecular complexity index is 837. The fraction of sp³-hybridized carbons (Fsp3) is 0.389. The molecule has 0 spiro atoms. The predicted octanol–water partition coefficient (Wildman–Crippen LogP) is 9.41. The number of hydrogen-bond donors (Lipinski definition) is 0. The molecule has 10 radical (unpaired) electrons. The summed E-state index contributed by atoms with van der Waals surface area (Å²) in [6.07, 6.45) is 32.1. The maximum Gasteiger partial charge on any atom is 2.00 e. The molecule has 0 aromatic heterocycles. The quantitative estimate of drug-likeness (QED) is 0.221.